The van der Waals surface area contributed by atoms with Gasteiger partial charge in [-0.1, -0.05) is 0 Å². The summed E-state index contributed by atoms with van der Waals surface area (Å²) in [6.07, 6.45) is 3.68. The zero-order valence-electron chi connectivity index (χ0n) is 15.0. The zero-order chi connectivity index (χ0) is 18.8. The molecule has 2 aromatic heterocycles. The smallest absolute Gasteiger partial charge is 0.258 e. The van der Waals surface area contributed by atoms with Crippen molar-refractivity contribution >= 4 is 22.6 Å². The molecule has 4 rings (SSSR count). The molecule has 0 saturated carbocycles. The Labute approximate surface area is 156 Å². The van der Waals surface area contributed by atoms with Crippen LogP contribution >= 0.6 is 0 Å². The molecule has 1 amide bonds. The molecule has 1 fully saturated rings. The molecule has 1 aliphatic heterocycles. The van der Waals surface area contributed by atoms with Gasteiger partial charge < -0.3 is 10.6 Å². The molecule has 1 saturated heterocycles. The van der Waals surface area contributed by atoms with Crippen molar-refractivity contribution in [1.29, 1.82) is 5.26 Å². The van der Waals surface area contributed by atoms with E-state index >= 15 is 0 Å². The van der Waals surface area contributed by atoms with Crippen LogP contribution in [0.15, 0.2) is 30.5 Å². The Morgan fingerprint density at radius 1 is 1.33 bits per heavy atom. The van der Waals surface area contributed by atoms with Crippen LogP contribution < -0.4 is 10.6 Å². The second kappa shape index (κ2) is 7.17. The first-order chi connectivity index (χ1) is 13.2. The third kappa shape index (κ3) is 3.27. The van der Waals surface area contributed by atoms with Crippen LogP contribution in [0, 0.1) is 18.3 Å². The molecule has 0 spiro atoms. The third-order valence-corrected chi connectivity index (χ3v) is 5.07. The molecule has 3 N–H and O–H groups in total. The van der Waals surface area contributed by atoms with Gasteiger partial charge in [-0.2, -0.15) is 10.4 Å². The largest absolute Gasteiger partial charge is 0.317 e. The lowest BCUT2D eigenvalue weighted by molar-refractivity contribution is 0.102. The molecular formula is C20H20N6O. The fourth-order valence-electron chi connectivity index (χ4n) is 3.59. The molecule has 0 radical (unpaired) electrons. The third-order valence-electron chi connectivity index (χ3n) is 5.07. The molecule has 0 atom stereocenters. The van der Waals surface area contributed by atoms with E-state index in [0.29, 0.717) is 16.9 Å². The van der Waals surface area contributed by atoms with E-state index in [-0.39, 0.29) is 11.8 Å². The molecule has 136 valence electrons. The second-order valence-corrected chi connectivity index (χ2v) is 6.81. The van der Waals surface area contributed by atoms with Gasteiger partial charge in [-0.05, 0) is 62.7 Å². The van der Waals surface area contributed by atoms with Crippen molar-refractivity contribution in [2.75, 3.05) is 18.4 Å². The molecule has 1 aromatic carbocycles. The number of aryl methyl sites for hydroxylation is 1. The minimum absolute atomic E-state index is 0.216. The predicted molar refractivity (Wildman–Crippen MR) is 103 cm³/mol. The molecule has 1 aliphatic rings. The highest BCUT2D eigenvalue weighted by molar-refractivity contribution is 6.08. The van der Waals surface area contributed by atoms with E-state index in [4.69, 9.17) is 5.26 Å². The Kier molecular flexibility index (Phi) is 4.57. The topological polar surface area (TPSA) is 106 Å². The lowest BCUT2D eigenvalue weighted by atomic mass is 9.91. The molecule has 0 aliphatic carbocycles. The normalized spacial score (nSPS) is 14.8. The summed E-state index contributed by atoms with van der Waals surface area (Å²) >= 11 is 0. The number of hydrogen-bond donors (Lipinski definition) is 3. The Hall–Kier alpha value is -3.24. The van der Waals surface area contributed by atoms with E-state index in [2.05, 4.69) is 31.9 Å². The van der Waals surface area contributed by atoms with Crippen molar-refractivity contribution in [2.24, 2.45) is 0 Å². The summed E-state index contributed by atoms with van der Waals surface area (Å²) in [5.41, 5.74) is 3.59. The number of pyridine rings is 1. The van der Waals surface area contributed by atoms with E-state index in [9.17, 15) is 4.79 Å². The van der Waals surface area contributed by atoms with Crippen molar-refractivity contribution < 1.29 is 4.79 Å². The number of carbonyl (C=O) groups excluding carboxylic acids is 1. The fraction of sp³-hybridized carbons (Fsp3) is 0.300. The van der Waals surface area contributed by atoms with E-state index in [1.54, 1.807) is 18.3 Å². The quantitative estimate of drug-likeness (QED) is 0.666. The van der Waals surface area contributed by atoms with Crippen LogP contribution in [0.3, 0.4) is 0 Å². The molecule has 3 heterocycles. The number of fused-ring (bicyclic) bond motifs is 1. The maximum absolute atomic E-state index is 13.0. The summed E-state index contributed by atoms with van der Waals surface area (Å²) in [6, 6.07) is 9.37. The number of aromatic nitrogens is 3. The number of hydrogen-bond acceptors (Lipinski definition) is 5. The van der Waals surface area contributed by atoms with Gasteiger partial charge in [0.25, 0.3) is 5.91 Å². The van der Waals surface area contributed by atoms with Crippen LogP contribution in [0.4, 0.5) is 5.82 Å². The summed E-state index contributed by atoms with van der Waals surface area (Å²) in [4.78, 5) is 17.5. The standard InChI is InChI=1S/C20H20N6O/c1-12-9-16-17(10-14(12)11-21)25-26-19(16)24-20(27)15-3-2-6-23-18(15)13-4-7-22-8-5-13/h2-3,6,9-10,13,22H,4-5,7-8H2,1H3,(H2,24,25,26,27). The predicted octanol–water partition coefficient (Wildman–Crippen LogP) is 2.86. The lowest BCUT2D eigenvalue weighted by Crippen LogP contribution is -2.28. The van der Waals surface area contributed by atoms with E-state index in [1.165, 1.54) is 0 Å². The number of nitrogens with one attached hydrogen (secondary N) is 3. The number of carbonyl (C=O) groups is 1. The zero-order valence-corrected chi connectivity index (χ0v) is 15.0. The Bertz CT molecular complexity index is 1040. The first-order valence-corrected chi connectivity index (χ1v) is 9.03. The molecule has 0 unspecified atom stereocenters. The van der Waals surface area contributed by atoms with Crippen LogP contribution in [0.2, 0.25) is 0 Å². The van der Waals surface area contributed by atoms with Crippen molar-refractivity contribution in [3.05, 3.63) is 52.8 Å². The van der Waals surface area contributed by atoms with E-state index in [1.807, 2.05) is 19.1 Å². The van der Waals surface area contributed by atoms with Gasteiger partial charge in [0.05, 0.1) is 28.4 Å². The van der Waals surface area contributed by atoms with Gasteiger partial charge in [0.15, 0.2) is 5.82 Å². The summed E-state index contributed by atoms with van der Waals surface area (Å²) in [6.45, 7) is 3.74. The second-order valence-electron chi connectivity index (χ2n) is 6.81. The van der Waals surface area contributed by atoms with Gasteiger partial charge in [0.2, 0.25) is 0 Å². The van der Waals surface area contributed by atoms with Gasteiger partial charge in [-0.3, -0.25) is 14.9 Å². The summed E-state index contributed by atoms with van der Waals surface area (Å²) in [5, 5.41) is 23.3. The first kappa shape index (κ1) is 17.2. The highest BCUT2D eigenvalue weighted by atomic mass is 16.1. The van der Waals surface area contributed by atoms with Crippen molar-refractivity contribution in [3.8, 4) is 6.07 Å². The van der Waals surface area contributed by atoms with Crippen molar-refractivity contribution in [1.82, 2.24) is 20.5 Å². The van der Waals surface area contributed by atoms with Gasteiger partial charge in [0, 0.05) is 17.5 Å². The maximum atomic E-state index is 13.0. The van der Waals surface area contributed by atoms with Crippen LogP contribution in [0.25, 0.3) is 10.9 Å². The molecule has 27 heavy (non-hydrogen) atoms. The Morgan fingerprint density at radius 3 is 2.93 bits per heavy atom. The highest BCUT2D eigenvalue weighted by Gasteiger charge is 2.23. The summed E-state index contributed by atoms with van der Waals surface area (Å²) < 4.78 is 0. The monoisotopic (exact) mass is 360 g/mol. The maximum Gasteiger partial charge on any atom is 0.258 e. The van der Waals surface area contributed by atoms with Crippen LogP contribution in [0.5, 0.6) is 0 Å². The number of nitrogens with zero attached hydrogens (tertiary/aromatic N) is 3. The number of piperidine rings is 1. The van der Waals surface area contributed by atoms with Gasteiger partial charge in [-0.15, -0.1) is 0 Å². The van der Waals surface area contributed by atoms with Gasteiger partial charge >= 0.3 is 0 Å². The van der Waals surface area contributed by atoms with Crippen molar-refractivity contribution in [3.63, 3.8) is 0 Å². The van der Waals surface area contributed by atoms with Crippen molar-refractivity contribution in [2.45, 2.75) is 25.7 Å². The molecule has 0 bridgehead atoms. The Morgan fingerprint density at radius 2 is 2.15 bits per heavy atom. The van der Waals surface area contributed by atoms with Gasteiger partial charge in [-0.25, -0.2) is 0 Å². The van der Waals surface area contributed by atoms with Crippen LogP contribution in [0.1, 0.15) is 45.9 Å². The number of aromatic amines is 1. The van der Waals surface area contributed by atoms with E-state index < -0.39 is 0 Å². The van der Waals surface area contributed by atoms with Gasteiger partial charge in [0.1, 0.15) is 0 Å². The fourth-order valence-corrected chi connectivity index (χ4v) is 3.59. The molecular weight excluding hydrogens is 340 g/mol. The van der Waals surface area contributed by atoms with Crippen LogP contribution in [-0.2, 0) is 0 Å². The molecule has 7 heteroatoms. The highest BCUT2D eigenvalue weighted by Crippen LogP contribution is 2.28. The number of benzene rings is 1. The number of nitriles is 1. The van der Waals surface area contributed by atoms with Crippen LogP contribution in [-0.4, -0.2) is 34.2 Å². The average molecular weight is 360 g/mol. The first-order valence-electron chi connectivity index (χ1n) is 9.03. The minimum atomic E-state index is -0.216. The van der Waals surface area contributed by atoms with E-state index in [0.717, 1.165) is 48.1 Å². The number of anilines is 1. The average Bonchev–Trinajstić information content (AvgIpc) is 3.09. The summed E-state index contributed by atoms with van der Waals surface area (Å²) in [7, 11) is 0. The Balaban J connectivity index is 1.65. The molecule has 7 nitrogen and oxygen atoms in total. The molecule has 3 aromatic rings. The SMILES string of the molecule is Cc1cc2c(NC(=O)c3cccnc3C3CCNCC3)n[nH]c2cc1C#N. The number of rotatable bonds is 3. The number of amides is 1. The number of H-pyrrole nitrogens is 1. The lowest BCUT2D eigenvalue weighted by Gasteiger charge is -2.23. The summed E-state index contributed by atoms with van der Waals surface area (Å²) in [5.74, 6) is 0.527. The minimum Gasteiger partial charge on any atom is -0.317 e.